The lowest BCUT2D eigenvalue weighted by molar-refractivity contribution is -0.130. The minimum absolute atomic E-state index is 0.0697. The summed E-state index contributed by atoms with van der Waals surface area (Å²) in [6.45, 7) is 3.52. The van der Waals surface area contributed by atoms with Gasteiger partial charge in [-0.2, -0.15) is 0 Å². The van der Waals surface area contributed by atoms with E-state index in [-0.39, 0.29) is 12.5 Å². The van der Waals surface area contributed by atoms with E-state index in [0.717, 1.165) is 12.6 Å². The summed E-state index contributed by atoms with van der Waals surface area (Å²) in [7, 11) is 1.61. The molecule has 0 aliphatic rings. The van der Waals surface area contributed by atoms with Crippen LogP contribution in [-0.2, 0) is 11.3 Å². The maximum absolute atomic E-state index is 13.4. The predicted octanol–water partition coefficient (Wildman–Crippen LogP) is 1.92. The Morgan fingerprint density at radius 2 is 2.11 bits per heavy atom. The van der Waals surface area contributed by atoms with Gasteiger partial charge in [0.05, 0.1) is 0 Å². The summed E-state index contributed by atoms with van der Waals surface area (Å²) in [5.41, 5.74) is 0.315. The number of benzene rings is 1. The Balaban J connectivity index is 2.53. The molecule has 0 aromatic heterocycles. The maximum atomic E-state index is 13.4. The molecule has 1 aromatic carbocycles. The van der Waals surface area contributed by atoms with Gasteiger partial charge in [0.1, 0.15) is 11.6 Å². The fraction of sp³-hybridized carbons (Fsp3) is 0.462. The Labute approximate surface area is 106 Å². The second kappa shape index (κ2) is 7.06. The topological polar surface area (TPSA) is 32.3 Å². The van der Waals surface area contributed by atoms with Crippen molar-refractivity contribution in [3.8, 4) is 0 Å². The first-order valence-corrected chi connectivity index (χ1v) is 5.93. The van der Waals surface area contributed by atoms with Gasteiger partial charge < -0.3 is 10.2 Å². The summed E-state index contributed by atoms with van der Waals surface area (Å²) >= 11 is 0. The van der Waals surface area contributed by atoms with E-state index in [1.807, 2.05) is 6.92 Å². The van der Waals surface area contributed by atoms with Crippen molar-refractivity contribution >= 4 is 5.91 Å². The van der Waals surface area contributed by atoms with Crippen LogP contribution in [0.2, 0.25) is 0 Å². The number of hydrogen-bond donors (Lipinski definition) is 1. The van der Waals surface area contributed by atoms with Crippen LogP contribution in [0.1, 0.15) is 18.9 Å². The predicted molar refractivity (Wildman–Crippen MR) is 66.0 cm³/mol. The van der Waals surface area contributed by atoms with Gasteiger partial charge in [0, 0.05) is 38.2 Å². The minimum Gasteiger partial charge on any atom is -0.341 e. The normalized spacial score (nSPS) is 10.4. The molecule has 5 heteroatoms. The molecule has 18 heavy (non-hydrogen) atoms. The summed E-state index contributed by atoms with van der Waals surface area (Å²) in [5, 5.41) is 3.05. The molecule has 0 unspecified atom stereocenters. The second-order valence-corrected chi connectivity index (χ2v) is 4.09. The molecule has 0 radical (unpaired) electrons. The van der Waals surface area contributed by atoms with Crippen molar-refractivity contribution in [3.63, 3.8) is 0 Å². The summed E-state index contributed by atoms with van der Waals surface area (Å²) in [6, 6.07) is 3.38. The molecule has 0 saturated heterocycles. The number of nitrogens with one attached hydrogen (secondary N) is 1. The third-order valence-corrected chi connectivity index (χ3v) is 2.61. The molecule has 3 nitrogen and oxygen atoms in total. The molecule has 100 valence electrons. The molecule has 0 aliphatic carbocycles. The van der Waals surface area contributed by atoms with E-state index in [1.165, 1.54) is 17.0 Å². The van der Waals surface area contributed by atoms with Crippen molar-refractivity contribution in [2.75, 3.05) is 20.1 Å². The van der Waals surface area contributed by atoms with Crippen LogP contribution < -0.4 is 5.32 Å². The first-order chi connectivity index (χ1) is 8.54. The molecular weight excluding hydrogens is 238 g/mol. The molecule has 0 spiro atoms. The zero-order valence-electron chi connectivity index (χ0n) is 10.7. The first kappa shape index (κ1) is 14.6. The average Bonchev–Trinajstić information content (AvgIpc) is 2.32. The Morgan fingerprint density at radius 1 is 1.39 bits per heavy atom. The first-order valence-electron chi connectivity index (χ1n) is 5.93. The van der Waals surface area contributed by atoms with E-state index >= 15 is 0 Å². The zero-order valence-corrected chi connectivity index (χ0v) is 10.7. The van der Waals surface area contributed by atoms with Gasteiger partial charge in [0.2, 0.25) is 5.91 Å². The Hall–Kier alpha value is -1.49. The van der Waals surface area contributed by atoms with E-state index in [1.54, 1.807) is 7.05 Å². The van der Waals surface area contributed by atoms with Crippen molar-refractivity contribution < 1.29 is 13.6 Å². The van der Waals surface area contributed by atoms with Crippen LogP contribution in [0.4, 0.5) is 8.78 Å². The molecule has 0 fully saturated rings. The highest BCUT2D eigenvalue weighted by Gasteiger charge is 2.11. The largest absolute Gasteiger partial charge is 0.341 e. The van der Waals surface area contributed by atoms with E-state index in [4.69, 9.17) is 0 Å². The number of nitrogens with zero attached hydrogens (tertiary/aromatic N) is 1. The third-order valence-electron chi connectivity index (χ3n) is 2.61. The number of carbonyl (C=O) groups excluding carboxylic acids is 1. The number of amides is 1. The molecular formula is C13H18F2N2O. The van der Waals surface area contributed by atoms with Gasteiger partial charge >= 0.3 is 0 Å². The highest BCUT2D eigenvalue weighted by atomic mass is 19.1. The Kier molecular flexibility index (Phi) is 5.71. The van der Waals surface area contributed by atoms with Gasteiger partial charge in [-0.05, 0) is 12.6 Å². The van der Waals surface area contributed by atoms with Gasteiger partial charge in [-0.3, -0.25) is 4.79 Å². The van der Waals surface area contributed by atoms with E-state index in [2.05, 4.69) is 5.32 Å². The molecule has 0 aliphatic heterocycles. The fourth-order valence-electron chi connectivity index (χ4n) is 1.56. The number of hydrogen-bond acceptors (Lipinski definition) is 2. The lowest BCUT2D eigenvalue weighted by Gasteiger charge is -2.17. The highest BCUT2D eigenvalue weighted by molar-refractivity contribution is 5.76. The lowest BCUT2D eigenvalue weighted by Crippen LogP contribution is -2.29. The standard InChI is InChI=1S/C13H18F2N2O/c1-3-16-7-6-13(18)17(2)9-10-4-5-11(14)8-12(10)15/h4-5,8,16H,3,6-7,9H2,1-2H3. The van der Waals surface area contributed by atoms with Crippen LogP contribution in [0, 0.1) is 11.6 Å². The molecule has 0 heterocycles. The van der Waals surface area contributed by atoms with E-state index in [0.29, 0.717) is 18.5 Å². The lowest BCUT2D eigenvalue weighted by atomic mass is 10.2. The van der Waals surface area contributed by atoms with Crippen LogP contribution in [0.15, 0.2) is 18.2 Å². The van der Waals surface area contributed by atoms with Gasteiger partial charge in [0.25, 0.3) is 0 Å². The summed E-state index contributed by atoms with van der Waals surface area (Å²) in [6.07, 6.45) is 0.368. The minimum atomic E-state index is -0.624. The maximum Gasteiger partial charge on any atom is 0.223 e. The molecule has 1 rings (SSSR count). The molecule has 0 atom stereocenters. The monoisotopic (exact) mass is 256 g/mol. The molecule has 1 N–H and O–H groups in total. The van der Waals surface area contributed by atoms with Crippen molar-refractivity contribution in [3.05, 3.63) is 35.4 Å². The zero-order chi connectivity index (χ0) is 13.5. The number of carbonyl (C=O) groups is 1. The molecule has 0 bridgehead atoms. The van der Waals surface area contributed by atoms with Crippen molar-refractivity contribution in [2.45, 2.75) is 19.9 Å². The Morgan fingerprint density at radius 3 is 2.72 bits per heavy atom. The van der Waals surface area contributed by atoms with E-state index in [9.17, 15) is 13.6 Å². The van der Waals surface area contributed by atoms with Gasteiger partial charge in [-0.15, -0.1) is 0 Å². The van der Waals surface area contributed by atoms with Gasteiger partial charge in [-0.25, -0.2) is 8.78 Å². The number of halogens is 2. The Bertz CT molecular complexity index is 410. The smallest absolute Gasteiger partial charge is 0.223 e. The van der Waals surface area contributed by atoms with E-state index < -0.39 is 11.6 Å². The molecule has 0 saturated carbocycles. The van der Waals surface area contributed by atoms with Gasteiger partial charge in [-0.1, -0.05) is 13.0 Å². The fourth-order valence-corrected chi connectivity index (χ4v) is 1.56. The van der Waals surface area contributed by atoms with Crippen LogP contribution in [-0.4, -0.2) is 30.9 Å². The summed E-state index contributed by atoms with van der Waals surface area (Å²) < 4.78 is 26.1. The van der Waals surface area contributed by atoms with Crippen LogP contribution in [0.5, 0.6) is 0 Å². The highest BCUT2D eigenvalue weighted by Crippen LogP contribution is 2.11. The van der Waals surface area contributed by atoms with Gasteiger partial charge in [0.15, 0.2) is 0 Å². The summed E-state index contributed by atoms with van der Waals surface area (Å²) in [5.74, 6) is -1.31. The molecule has 1 aromatic rings. The third kappa shape index (κ3) is 4.41. The van der Waals surface area contributed by atoms with Crippen molar-refractivity contribution in [1.29, 1.82) is 0 Å². The number of rotatable bonds is 6. The quantitative estimate of drug-likeness (QED) is 0.789. The van der Waals surface area contributed by atoms with Crippen molar-refractivity contribution in [2.24, 2.45) is 0 Å². The second-order valence-electron chi connectivity index (χ2n) is 4.09. The molecule has 1 amide bonds. The summed E-state index contributed by atoms with van der Waals surface area (Å²) in [4.78, 5) is 13.1. The van der Waals surface area contributed by atoms with Crippen LogP contribution in [0.25, 0.3) is 0 Å². The average molecular weight is 256 g/mol. The van der Waals surface area contributed by atoms with Crippen LogP contribution >= 0.6 is 0 Å². The van der Waals surface area contributed by atoms with Crippen LogP contribution in [0.3, 0.4) is 0 Å². The SMILES string of the molecule is CCNCCC(=O)N(C)Cc1ccc(F)cc1F. The van der Waals surface area contributed by atoms with Crippen molar-refractivity contribution in [1.82, 2.24) is 10.2 Å².